The summed E-state index contributed by atoms with van der Waals surface area (Å²) in [6.07, 6.45) is 2.33. The van der Waals surface area contributed by atoms with Crippen LogP contribution in [0.2, 0.25) is 10.0 Å². The maximum atomic E-state index is 13.3. The van der Waals surface area contributed by atoms with Crippen molar-refractivity contribution in [2.24, 2.45) is 0 Å². The van der Waals surface area contributed by atoms with Crippen molar-refractivity contribution in [1.82, 2.24) is 10.2 Å². The Balaban J connectivity index is 2.24. The van der Waals surface area contributed by atoms with Crippen LogP contribution in [0.1, 0.15) is 49.8 Å². The van der Waals surface area contributed by atoms with E-state index in [1.54, 1.807) is 23.1 Å². The molecule has 0 aliphatic carbocycles. The van der Waals surface area contributed by atoms with Crippen LogP contribution >= 0.6 is 23.2 Å². The predicted octanol–water partition coefficient (Wildman–Crippen LogP) is 5.71. The van der Waals surface area contributed by atoms with E-state index in [1.807, 2.05) is 39.0 Å². The fourth-order valence-electron chi connectivity index (χ4n) is 3.44. The number of rotatable bonds is 11. The molecule has 0 radical (unpaired) electrons. The summed E-state index contributed by atoms with van der Waals surface area (Å²) in [7, 11) is 0. The van der Waals surface area contributed by atoms with Crippen molar-refractivity contribution in [3.05, 3.63) is 63.1 Å². The molecule has 0 spiro atoms. The normalized spacial score (nSPS) is 11.7. The molecule has 0 aliphatic heterocycles. The Labute approximate surface area is 201 Å². The lowest BCUT2D eigenvalue weighted by molar-refractivity contribution is -0.143. The number of aryl methyl sites for hydroxylation is 2. The quantitative estimate of drug-likeness (QED) is 0.420. The highest BCUT2D eigenvalue weighted by Gasteiger charge is 2.29. The number of hydrogen-bond acceptors (Lipinski definition) is 3. The van der Waals surface area contributed by atoms with E-state index >= 15 is 0 Å². The summed E-state index contributed by atoms with van der Waals surface area (Å²) in [5.74, 6) is 0.188. The fourth-order valence-corrected chi connectivity index (χ4v) is 3.91. The molecule has 32 heavy (non-hydrogen) atoms. The number of halogens is 2. The van der Waals surface area contributed by atoms with Gasteiger partial charge in [-0.3, -0.25) is 9.59 Å². The molecule has 0 bridgehead atoms. The van der Waals surface area contributed by atoms with E-state index in [-0.39, 0.29) is 25.0 Å². The molecule has 2 amide bonds. The summed E-state index contributed by atoms with van der Waals surface area (Å²) in [4.78, 5) is 27.7. The fraction of sp³-hybridized carbons (Fsp3) is 0.440. The SMILES string of the molecule is CCCCNC(=O)[C@@H](CC)N(Cc1ccc(Cl)cc1Cl)C(=O)COc1ccc(C)cc1C. The van der Waals surface area contributed by atoms with Gasteiger partial charge in [0.15, 0.2) is 6.61 Å². The molecule has 0 aromatic heterocycles. The number of amides is 2. The van der Waals surface area contributed by atoms with Crippen molar-refractivity contribution in [3.63, 3.8) is 0 Å². The smallest absolute Gasteiger partial charge is 0.261 e. The zero-order valence-corrected chi connectivity index (χ0v) is 20.7. The summed E-state index contributed by atoms with van der Waals surface area (Å²) in [6.45, 7) is 8.48. The second-order valence-electron chi connectivity index (χ2n) is 7.88. The molecule has 2 rings (SSSR count). The number of unbranched alkanes of at least 4 members (excludes halogenated alkanes) is 1. The van der Waals surface area contributed by atoms with Crippen molar-refractivity contribution >= 4 is 35.0 Å². The molecule has 0 heterocycles. The second-order valence-corrected chi connectivity index (χ2v) is 8.73. The Morgan fingerprint density at radius 1 is 1.09 bits per heavy atom. The molecule has 2 aromatic carbocycles. The van der Waals surface area contributed by atoms with Gasteiger partial charge in [-0.05, 0) is 56.0 Å². The zero-order valence-electron chi connectivity index (χ0n) is 19.2. The lowest BCUT2D eigenvalue weighted by atomic mass is 10.1. The zero-order chi connectivity index (χ0) is 23.7. The van der Waals surface area contributed by atoms with Gasteiger partial charge in [-0.2, -0.15) is 0 Å². The van der Waals surface area contributed by atoms with E-state index in [2.05, 4.69) is 12.2 Å². The maximum absolute atomic E-state index is 13.3. The Morgan fingerprint density at radius 3 is 2.47 bits per heavy atom. The summed E-state index contributed by atoms with van der Waals surface area (Å²) in [5.41, 5.74) is 2.79. The van der Waals surface area contributed by atoms with Gasteiger partial charge in [0.1, 0.15) is 11.8 Å². The molecule has 0 saturated heterocycles. The number of hydrogen-bond donors (Lipinski definition) is 1. The van der Waals surface area contributed by atoms with E-state index in [0.29, 0.717) is 28.8 Å². The predicted molar refractivity (Wildman–Crippen MR) is 130 cm³/mol. The first kappa shape index (κ1) is 26.0. The van der Waals surface area contributed by atoms with Crippen LogP contribution in [0.5, 0.6) is 5.75 Å². The second kappa shape index (κ2) is 12.7. The van der Waals surface area contributed by atoms with Gasteiger partial charge in [0.2, 0.25) is 5.91 Å². The first-order chi connectivity index (χ1) is 15.3. The number of benzene rings is 2. The van der Waals surface area contributed by atoms with Crippen LogP contribution in [0.4, 0.5) is 0 Å². The van der Waals surface area contributed by atoms with Crippen LogP contribution in [0.25, 0.3) is 0 Å². The van der Waals surface area contributed by atoms with Crippen molar-refractivity contribution in [1.29, 1.82) is 0 Å². The summed E-state index contributed by atoms with van der Waals surface area (Å²) in [5, 5.41) is 3.90. The van der Waals surface area contributed by atoms with Gasteiger partial charge < -0.3 is 15.0 Å². The van der Waals surface area contributed by atoms with Gasteiger partial charge in [0.05, 0.1) is 0 Å². The molecule has 2 aromatic rings. The number of ether oxygens (including phenoxy) is 1. The monoisotopic (exact) mass is 478 g/mol. The van der Waals surface area contributed by atoms with E-state index in [4.69, 9.17) is 27.9 Å². The number of carbonyl (C=O) groups excluding carboxylic acids is 2. The van der Waals surface area contributed by atoms with Gasteiger partial charge >= 0.3 is 0 Å². The average Bonchev–Trinajstić information content (AvgIpc) is 2.74. The summed E-state index contributed by atoms with van der Waals surface area (Å²) in [6, 6.07) is 10.3. The Hall–Kier alpha value is -2.24. The average molecular weight is 479 g/mol. The summed E-state index contributed by atoms with van der Waals surface area (Å²) < 4.78 is 5.82. The molecule has 0 unspecified atom stereocenters. The minimum atomic E-state index is -0.631. The molecule has 174 valence electrons. The molecule has 5 nitrogen and oxygen atoms in total. The molecule has 1 atom stereocenters. The first-order valence-electron chi connectivity index (χ1n) is 11.0. The summed E-state index contributed by atoms with van der Waals surface area (Å²) >= 11 is 12.4. The highest BCUT2D eigenvalue weighted by atomic mass is 35.5. The topological polar surface area (TPSA) is 58.6 Å². The van der Waals surface area contributed by atoms with E-state index in [1.165, 1.54) is 0 Å². The minimum Gasteiger partial charge on any atom is -0.483 e. The van der Waals surface area contributed by atoms with Crippen LogP contribution < -0.4 is 10.1 Å². The van der Waals surface area contributed by atoms with E-state index in [9.17, 15) is 9.59 Å². The Kier molecular flexibility index (Phi) is 10.3. The standard InChI is InChI=1S/C25H32Cl2N2O3/c1-5-7-12-28-25(31)22(6-2)29(15-19-9-10-20(26)14-21(19)27)24(30)16-32-23-11-8-17(3)13-18(23)4/h8-11,13-14,22H,5-7,12,15-16H2,1-4H3,(H,28,31)/t22-/m1/s1. The van der Waals surface area contributed by atoms with Crippen molar-refractivity contribution in [2.45, 2.75) is 59.5 Å². The molecule has 0 fully saturated rings. The van der Waals surface area contributed by atoms with Crippen LogP contribution in [0.3, 0.4) is 0 Å². The van der Waals surface area contributed by atoms with Gasteiger partial charge in [-0.25, -0.2) is 0 Å². The lowest BCUT2D eigenvalue weighted by Crippen LogP contribution is -2.50. The van der Waals surface area contributed by atoms with Crippen molar-refractivity contribution < 1.29 is 14.3 Å². The number of nitrogens with one attached hydrogen (secondary N) is 1. The third-order valence-corrected chi connectivity index (χ3v) is 5.84. The Bertz CT molecular complexity index is 933. The molecule has 0 saturated carbocycles. The van der Waals surface area contributed by atoms with Crippen molar-refractivity contribution in [2.75, 3.05) is 13.2 Å². The van der Waals surface area contributed by atoms with Gasteiger partial charge in [0.25, 0.3) is 5.91 Å². The van der Waals surface area contributed by atoms with Gasteiger partial charge in [0, 0.05) is 23.1 Å². The number of carbonyl (C=O) groups is 2. The first-order valence-corrected chi connectivity index (χ1v) is 11.7. The molecular formula is C25H32Cl2N2O3. The van der Waals surface area contributed by atoms with E-state index < -0.39 is 6.04 Å². The van der Waals surface area contributed by atoms with Crippen LogP contribution in [0, 0.1) is 13.8 Å². The van der Waals surface area contributed by atoms with Gasteiger partial charge in [-0.15, -0.1) is 0 Å². The minimum absolute atomic E-state index is 0.173. The molecule has 7 heteroatoms. The van der Waals surface area contributed by atoms with Crippen LogP contribution in [-0.2, 0) is 16.1 Å². The molecule has 1 N–H and O–H groups in total. The maximum Gasteiger partial charge on any atom is 0.261 e. The van der Waals surface area contributed by atoms with Crippen molar-refractivity contribution in [3.8, 4) is 5.75 Å². The number of nitrogens with zero attached hydrogens (tertiary/aromatic N) is 1. The van der Waals surface area contributed by atoms with Crippen LogP contribution in [-0.4, -0.2) is 35.9 Å². The highest BCUT2D eigenvalue weighted by Crippen LogP contribution is 2.24. The van der Waals surface area contributed by atoms with E-state index in [0.717, 1.165) is 29.5 Å². The molecule has 0 aliphatic rings. The highest BCUT2D eigenvalue weighted by molar-refractivity contribution is 6.35. The third kappa shape index (κ3) is 7.42. The largest absolute Gasteiger partial charge is 0.483 e. The van der Waals surface area contributed by atoms with Crippen LogP contribution in [0.15, 0.2) is 36.4 Å². The molecular weight excluding hydrogens is 447 g/mol. The Morgan fingerprint density at radius 2 is 1.84 bits per heavy atom. The lowest BCUT2D eigenvalue weighted by Gasteiger charge is -2.31. The van der Waals surface area contributed by atoms with Gasteiger partial charge in [-0.1, -0.05) is 67.2 Å². The third-order valence-electron chi connectivity index (χ3n) is 5.25.